The number of aromatic nitrogens is 1. The minimum Gasteiger partial charge on any atom is -0.375 e. The van der Waals surface area contributed by atoms with Gasteiger partial charge < -0.3 is 5.73 Å². The smallest absolute Gasteiger partial charge is 0.180 e. The van der Waals surface area contributed by atoms with Crippen LogP contribution in [0.2, 0.25) is 0 Å². The highest BCUT2D eigenvalue weighted by atomic mass is 32.1. The van der Waals surface area contributed by atoms with E-state index in [-0.39, 0.29) is 0 Å². The van der Waals surface area contributed by atoms with Crippen molar-refractivity contribution in [3.05, 3.63) is 11.1 Å². The van der Waals surface area contributed by atoms with Gasteiger partial charge in [0.2, 0.25) is 0 Å². The lowest BCUT2D eigenvalue weighted by Gasteiger charge is -2.38. The molecule has 0 aliphatic carbocycles. The maximum absolute atomic E-state index is 5.64. The molecule has 1 aromatic rings. The standard InChI is InChI=1S/C11H19N3S/c1-8-4-3-5-9(2)14(8)7-10-6-13-11(12)15-10/h6,8-9H,3-5,7H2,1-2H3,(H2,12,13). The van der Waals surface area contributed by atoms with Crippen LogP contribution in [0, 0.1) is 0 Å². The van der Waals surface area contributed by atoms with Crippen molar-refractivity contribution >= 4 is 16.5 Å². The van der Waals surface area contributed by atoms with Crippen LogP contribution in [0.5, 0.6) is 0 Å². The molecule has 1 fully saturated rings. The van der Waals surface area contributed by atoms with Gasteiger partial charge in [0.05, 0.1) is 0 Å². The van der Waals surface area contributed by atoms with Gasteiger partial charge in [-0.25, -0.2) is 4.98 Å². The SMILES string of the molecule is CC1CCCC(C)N1Cc1cnc(N)s1. The van der Waals surface area contributed by atoms with Gasteiger partial charge in [-0.15, -0.1) is 11.3 Å². The highest BCUT2D eigenvalue weighted by Crippen LogP contribution is 2.26. The van der Waals surface area contributed by atoms with Crippen LogP contribution in [0.3, 0.4) is 0 Å². The van der Waals surface area contributed by atoms with Crippen LogP contribution in [-0.2, 0) is 6.54 Å². The Balaban J connectivity index is 2.03. The lowest BCUT2D eigenvalue weighted by atomic mass is 9.97. The molecule has 84 valence electrons. The second-order valence-electron chi connectivity index (χ2n) is 4.47. The van der Waals surface area contributed by atoms with E-state index in [2.05, 4.69) is 23.7 Å². The summed E-state index contributed by atoms with van der Waals surface area (Å²) < 4.78 is 0. The van der Waals surface area contributed by atoms with E-state index in [0.717, 1.165) is 6.54 Å². The molecule has 1 aliphatic rings. The number of likely N-dealkylation sites (tertiary alicyclic amines) is 1. The highest BCUT2D eigenvalue weighted by molar-refractivity contribution is 7.15. The third-order valence-corrected chi connectivity index (χ3v) is 4.10. The van der Waals surface area contributed by atoms with Crippen LogP contribution in [0.4, 0.5) is 5.13 Å². The third-order valence-electron chi connectivity index (χ3n) is 3.29. The number of nitrogens with zero attached hydrogens (tertiary/aromatic N) is 2. The zero-order valence-corrected chi connectivity index (χ0v) is 10.3. The van der Waals surface area contributed by atoms with E-state index in [9.17, 15) is 0 Å². The molecular weight excluding hydrogens is 206 g/mol. The first kappa shape index (κ1) is 10.9. The van der Waals surface area contributed by atoms with E-state index < -0.39 is 0 Å². The summed E-state index contributed by atoms with van der Waals surface area (Å²) in [6, 6.07) is 1.38. The first-order valence-corrected chi connectivity index (χ1v) is 6.44. The van der Waals surface area contributed by atoms with Gasteiger partial charge in [0.1, 0.15) is 0 Å². The van der Waals surface area contributed by atoms with Gasteiger partial charge in [-0.1, -0.05) is 6.42 Å². The summed E-state index contributed by atoms with van der Waals surface area (Å²) in [6.45, 7) is 5.65. The summed E-state index contributed by atoms with van der Waals surface area (Å²) in [5, 5.41) is 0.683. The third kappa shape index (κ3) is 2.49. The average molecular weight is 225 g/mol. The highest BCUT2D eigenvalue weighted by Gasteiger charge is 2.24. The van der Waals surface area contributed by atoms with Crippen molar-refractivity contribution in [1.29, 1.82) is 0 Å². The molecule has 0 aromatic carbocycles. The Labute approximate surface area is 95.3 Å². The summed E-state index contributed by atoms with van der Waals surface area (Å²) in [4.78, 5) is 7.95. The molecule has 4 heteroatoms. The molecular formula is C11H19N3S. The fourth-order valence-corrected chi connectivity index (χ4v) is 3.06. The molecule has 1 aliphatic heterocycles. The Kier molecular flexibility index (Phi) is 3.26. The summed E-state index contributed by atoms with van der Waals surface area (Å²) in [7, 11) is 0. The summed E-state index contributed by atoms with van der Waals surface area (Å²) in [5.41, 5.74) is 5.64. The van der Waals surface area contributed by atoms with Crippen molar-refractivity contribution in [2.75, 3.05) is 5.73 Å². The number of nitrogen functional groups attached to an aromatic ring is 1. The first-order chi connectivity index (χ1) is 7.16. The number of thiazole rings is 1. The van der Waals surface area contributed by atoms with Gasteiger partial charge in [-0.05, 0) is 26.7 Å². The van der Waals surface area contributed by atoms with E-state index in [0.29, 0.717) is 17.2 Å². The van der Waals surface area contributed by atoms with Crippen LogP contribution in [0.15, 0.2) is 6.20 Å². The number of nitrogens with two attached hydrogens (primary N) is 1. The maximum Gasteiger partial charge on any atom is 0.180 e. The van der Waals surface area contributed by atoms with Crippen LogP contribution in [0.25, 0.3) is 0 Å². The molecule has 2 N–H and O–H groups in total. The molecule has 15 heavy (non-hydrogen) atoms. The molecule has 0 amide bonds. The maximum atomic E-state index is 5.64. The number of hydrogen-bond donors (Lipinski definition) is 1. The normalized spacial score (nSPS) is 28.1. The molecule has 2 rings (SSSR count). The van der Waals surface area contributed by atoms with Gasteiger partial charge in [0.15, 0.2) is 5.13 Å². The molecule has 0 spiro atoms. The Morgan fingerprint density at radius 1 is 1.47 bits per heavy atom. The largest absolute Gasteiger partial charge is 0.375 e. The van der Waals surface area contributed by atoms with Gasteiger partial charge in [-0.2, -0.15) is 0 Å². The fourth-order valence-electron chi connectivity index (χ4n) is 2.36. The fraction of sp³-hybridized carbons (Fsp3) is 0.727. The molecule has 0 saturated carbocycles. The second kappa shape index (κ2) is 4.49. The Morgan fingerprint density at radius 3 is 2.67 bits per heavy atom. The van der Waals surface area contributed by atoms with Gasteiger partial charge >= 0.3 is 0 Å². The van der Waals surface area contributed by atoms with Crippen molar-refractivity contribution in [2.24, 2.45) is 0 Å². The average Bonchev–Trinajstić information content (AvgIpc) is 2.58. The van der Waals surface area contributed by atoms with E-state index in [1.54, 1.807) is 11.3 Å². The summed E-state index contributed by atoms with van der Waals surface area (Å²) in [6.07, 6.45) is 5.91. The number of rotatable bonds is 2. The summed E-state index contributed by atoms with van der Waals surface area (Å²) >= 11 is 1.61. The predicted octanol–water partition coefficient (Wildman–Crippen LogP) is 2.49. The van der Waals surface area contributed by atoms with Crippen molar-refractivity contribution < 1.29 is 0 Å². The molecule has 0 radical (unpaired) electrons. The zero-order valence-electron chi connectivity index (χ0n) is 9.44. The molecule has 2 heterocycles. The molecule has 2 atom stereocenters. The number of hydrogen-bond acceptors (Lipinski definition) is 4. The Bertz CT molecular complexity index is 313. The zero-order chi connectivity index (χ0) is 10.8. The van der Waals surface area contributed by atoms with Crippen molar-refractivity contribution in [3.63, 3.8) is 0 Å². The van der Waals surface area contributed by atoms with E-state index in [4.69, 9.17) is 5.73 Å². The molecule has 2 unspecified atom stereocenters. The lowest BCUT2D eigenvalue weighted by Crippen LogP contribution is -2.42. The predicted molar refractivity (Wildman–Crippen MR) is 64.8 cm³/mol. The van der Waals surface area contributed by atoms with E-state index in [1.165, 1.54) is 24.1 Å². The Morgan fingerprint density at radius 2 is 2.13 bits per heavy atom. The van der Waals surface area contributed by atoms with Crippen LogP contribution in [-0.4, -0.2) is 22.0 Å². The van der Waals surface area contributed by atoms with E-state index >= 15 is 0 Å². The molecule has 1 saturated heterocycles. The summed E-state index contributed by atoms with van der Waals surface area (Å²) in [5.74, 6) is 0. The second-order valence-corrected chi connectivity index (χ2v) is 5.61. The minimum absolute atomic E-state index is 0.683. The monoisotopic (exact) mass is 225 g/mol. The van der Waals surface area contributed by atoms with Gasteiger partial charge in [-0.3, -0.25) is 4.90 Å². The number of piperidine rings is 1. The minimum atomic E-state index is 0.683. The van der Waals surface area contributed by atoms with Crippen molar-refractivity contribution in [1.82, 2.24) is 9.88 Å². The van der Waals surface area contributed by atoms with Gasteiger partial charge in [0, 0.05) is 29.7 Å². The van der Waals surface area contributed by atoms with Crippen molar-refractivity contribution in [2.45, 2.75) is 51.7 Å². The topological polar surface area (TPSA) is 42.2 Å². The first-order valence-electron chi connectivity index (χ1n) is 5.62. The quantitative estimate of drug-likeness (QED) is 0.841. The molecule has 1 aromatic heterocycles. The Hall–Kier alpha value is -0.610. The lowest BCUT2D eigenvalue weighted by molar-refractivity contribution is 0.0964. The van der Waals surface area contributed by atoms with Crippen LogP contribution in [0.1, 0.15) is 38.0 Å². The number of anilines is 1. The van der Waals surface area contributed by atoms with Crippen LogP contribution >= 0.6 is 11.3 Å². The van der Waals surface area contributed by atoms with Crippen molar-refractivity contribution in [3.8, 4) is 0 Å². The van der Waals surface area contributed by atoms with Crippen LogP contribution < -0.4 is 5.73 Å². The van der Waals surface area contributed by atoms with Gasteiger partial charge in [0.25, 0.3) is 0 Å². The molecule has 0 bridgehead atoms. The van der Waals surface area contributed by atoms with E-state index in [1.807, 2.05) is 6.20 Å². The molecule has 3 nitrogen and oxygen atoms in total.